The van der Waals surface area contributed by atoms with Crippen LogP contribution in [0.1, 0.15) is 12.8 Å². The molecule has 0 saturated carbocycles. The Morgan fingerprint density at radius 2 is 2.55 bits per heavy atom. The molecule has 1 aliphatic rings. The number of amides is 1. The van der Waals surface area contributed by atoms with E-state index in [1.807, 2.05) is 0 Å². The first kappa shape index (κ1) is 8.02. The van der Waals surface area contributed by atoms with Gasteiger partial charge in [0.2, 0.25) is 0 Å². The zero-order valence-corrected chi connectivity index (χ0v) is 6.42. The van der Waals surface area contributed by atoms with Gasteiger partial charge in [-0.15, -0.1) is 0 Å². The van der Waals surface area contributed by atoms with E-state index in [9.17, 15) is 4.79 Å². The number of hydrogen-bond donors (Lipinski definition) is 1. The predicted molar refractivity (Wildman–Crippen MR) is 38.1 cm³/mol. The Hall–Kier alpha value is -1.08. The number of nitrogens with zero attached hydrogens (tertiary/aromatic N) is 2. The average Bonchev–Trinajstić information content (AvgIpc) is 2.50. The van der Waals surface area contributed by atoms with Crippen molar-refractivity contribution in [2.24, 2.45) is 0 Å². The minimum Gasteiger partial charge on any atom is -0.350 e. The summed E-state index contributed by atoms with van der Waals surface area (Å²) in [5.74, 6) is -0.00551. The van der Waals surface area contributed by atoms with Crippen LogP contribution in [-0.4, -0.2) is 29.9 Å². The van der Waals surface area contributed by atoms with Gasteiger partial charge in [-0.3, -0.25) is 4.79 Å². The Morgan fingerprint density at radius 1 is 1.82 bits per heavy atom. The molecule has 1 heterocycles. The lowest BCUT2D eigenvalue weighted by molar-refractivity contribution is -0.357. The molecular formula is C7H12N3O+. The maximum atomic E-state index is 11.1. The molecule has 0 bridgehead atoms. The number of carbonyl (C=O) groups excluding carboxylic acids is 1. The summed E-state index contributed by atoms with van der Waals surface area (Å²) in [6, 6.07) is 1.92. The van der Waals surface area contributed by atoms with E-state index in [4.69, 9.17) is 5.26 Å². The van der Waals surface area contributed by atoms with Gasteiger partial charge in [-0.25, -0.2) is 0 Å². The van der Waals surface area contributed by atoms with Gasteiger partial charge in [-0.05, 0) is 12.8 Å². The third-order valence-corrected chi connectivity index (χ3v) is 1.94. The number of hydrogen-bond acceptors (Lipinski definition) is 2. The van der Waals surface area contributed by atoms with Crippen LogP contribution in [0, 0.1) is 11.3 Å². The van der Waals surface area contributed by atoms with Crippen LogP contribution < -0.4 is 5.73 Å². The van der Waals surface area contributed by atoms with E-state index in [0.29, 0.717) is 0 Å². The van der Waals surface area contributed by atoms with E-state index in [-0.39, 0.29) is 18.5 Å². The smallest absolute Gasteiger partial charge is 0.278 e. The zero-order valence-electron chi connectivity index (χ0n) is 6.42. The molecular weight excluding hydrogens is 142 g/mol. The van der Waals surface area contributed by atoms with Crippen molar-refractivity contribution in [2.75, 3.05) is 13.1 Å². The standard InChI is InChI=1S/C7H11N3O/c8-4-6-2-1-3-10(6)7(11)5-9/h6H,1-3,5,9H2/p+1/t6-/m0/s1. The van der Waals surface area contributed by atoms with Gasteiger partial charge in [-0.2, -0.15) is 5.26 Å². The topological polar surface area (TPSA) is 71.7 Å². The van der Waals surface area contributed by atoms with Gasteiger partial charge in [0.1, 0.15) is 6.04 Å². The van der Waals surface area contributed by atoms with E-state index in [2.05, 4.69) is 11.8 Å². The lowest BCUT2D eigenvalue weighted by atomic mass is 10.2. The highest BCUT2D eigenvalue weighted by atomic mass is 16.2. The molecule has 1 saturated heterocycles. The summed E-state index contributed by atoms with van der Waals surface area (Å²) in [5.41, 5.74) is 3.50. The average molecular weight is 154 g/mol. The van der Waals surface area contributed by atoms with Gasteiger partial charge in [0, 0.05) is 6.54 Å². The molecule has 11 heavy (non-hydrogen) atoms. The molecule has 0 aromatic rings. The Kier molecular flexibility index (Phi) is 2.44. The normalized spacial score (nSPS) is 23.3. The second-order valence-electron chi connectivity index (χ2n) is 2.62. The first-order valence-electron chi connectivity index (χ1n) is 3.78. The maximum Gasteiger partial charge on any atom is 0.278 e. The monoisotopic (exact) mass is 154 g/mol. The van der Waals surface area contributed by atoms with Crippen molar-refractivity contribution in [1.82, 2.24) is 4.90 Å². The lowest BCUT2D eigenvalue weighted by Crippen LogP contribution is -2.58. The predicted octanol–water partition coefficient (Wildman–Crippen LogP) is -1.26. The minimum atomic E-state index is -0.191. The van der Waals surface area contributed by atoms with Gasteiger partial charge in [-0.1, -0.05) is 0 Å². The number of quaternary nitrogens is 1. The van der Waals surface area contributed by atoms with Crippen molar-refractivity contribution in [1.29, 1.82) is 5.26 Å². The summed E-state index contributed by atoms with van der Waals surface area (Å²) >= 11 is 0. The Balaban J connectivity index is 2.58. The fraction of sp³-hybridized carbons (Fsp3) is 0.714. The van der Waals surface area contributed by atoms with Crippen molar-refractivity contribution in [2.45, 2.75) is 18.9 Å². The fourth-order valence-electron chi connectivity index (χ4n) is 1.34. The van der Waals surface area contributed by atoms with Crippen LogP contribution >= 0.6 is 0 Å². The van der Waals surface area contributed by atoms with Crippen molar-refractivity contribution in [3.8, 4) is 6.07 Å². The number of likely N-dealkylation sites (tertiary alicyclic amines) is 1. The number of nitriles is 1. The molecule has 4 nitrogen and oxygen atoms in total. The first-order chi connectivity index (χ1) is 5.29. The zero-order chi connectivity index (χ0) is 8.27. The van der Waals surface area contributed by atoms with Crippen molar-refractivity contribution in [3.05, 3.63) is 0 Å². The van der Waals surface area contributed by atoms with Gasteiger partial charge >= 0.3 is 0 Å². The van der Waals surface area contributed by atoms with Crippen LogP contribution in [0.5, 0.6) is 0 Å². The molecule has 1 fully saturated rings. The van der Waals surface area contributed by atoms with E-state index >= 15 is 0 Å². The molecule has 60 valence electrons. The molecule has 3 N–H and O–H groups in total. The maximum absolute atomic E-state index is 11.1. The van der Waals surface area contributed by atoms with Crippen LogP contribution in [0.2, 0.25) is 0 Å². The second-order valence-corrected chi connectivity index (χ2v) is 2.62. The molecule has 0 unspecified atom stereocenters. The Bertz CT molecular complexity index is 196. The van der Waals surface area contributed by atoms with Gasteiger partial charge in [0.25, 0.3) is 5.91 Å². The van der Waals surface area contributed by atoms with E-state index in [0.717, 1.165) is 19.4 Å². The first-order valence-corrected chi connectivity index (χ1v) is 3.78. The summed E-state index contributed by atoms with van der Waals surface area (Å²) < 4.78 is 0. The molecule has 1 amide bonds. The molecule has 0 radical (unpaired) electrons. The minimum absolute atomic E-state index is 0.00551. The molecule has 0 aliphatic carbocycles. The number of carbonyl (C=O) groups is 1. The van der Waals surface area contributed by atoms with Crippen LogP contribution in [0.15, 0.2) is 0 Å². The van der Waals surface area contributed by atoms with Crippen molar-refractivity contribution < 1.29 is 10.5 Å². The largest absolute Gasteiger partial charge is 0.350 e. The van der Waals surface area contributed by atoms with E-state index in [1.165, 1.54) is 0 Å². The molecule has 0 aromatic carbocycles. The quantitative estimate of drug-likeness (QED) is 0.512. The summed E-state index contributed by atoms with van der Waals surface area (Å²) in [7, 11) is 0. The number of rotatable bonds is 1. The molecule has 1 aliphatic heterocycles. The summed E-state index contributed by atoms with van der Waals surface area (Å²) in [6.45, 7) is 0.991. The third kappa shape index (κ3) is 1.49. The van der Waals surface area contributed by atoms with Crippen LogP contribution in [-0.2, 0) is 4.79 Å². The van der Waals surface area contributed by atoms with Crippen molar-refractivity contribution in [3.63, 3.8) is 0 Å². The fourth-order valence-corrected chi connectivity index (χ4v) is 1.34. The van der Waals surface area contributed by atoms with E-state index < -0.39 is 0 Å². The van der Waals surface area contributed by atoms with Crippen molar-refractivity contribution >= 4 is 5.91 Å². The Labute approximate surface area is 65.6 Å². The van der Waals surface area contributed by atoms with Crippen LogP contribution in [0.25, 0.3) is 0 Å². The van der Waals surface area contributed by atoms with Gasteiger partial charge in [0.05, 0.1) is 6.07 Å². The summed E-state index contributed by atoms with van der Waals surface area (Å²) in [4.78, 5) is 12.7. The summed E-state index contributed by atoms with van der Waals surface area (Å²) in [6.07, 6.45) is 1.77. The highest BCUT2D eigenvalue weighted by molar-refractivity contribution is 5.77. The molecule has 0 spiro atoms. The van der Waals surface area contributed by atoms with Gasteiger partial charge < -0.3 is 10.6 Å². The second kappa shape index (κ2) is 3.35. The lowest BCUT2D eigenvalue weighted by Gasteiger charge is -2.16. The molecule has 0 aromatic heterocycles. The molecule has 4 heteroatoms. The third-order valence-electron chi connectivity index (χ3n) is 1.94. The Morgan fingerprint density at radius 3 is 3.09 bits per heavy atom. The van der Waals surface area contributed by atoms with Crippen LogP contribution in [0.3, 0.4) is 0 Å². The highest BCUT2D eigenvalue weighted by Gasteiger charge is 2.28. The van der Waals surface area contributed by atoms with Gasteiger partial charge in [0.15, 0.2) is 6.54 Å². The SMILES string of the molecule is N#C[C@@H]1CCCN1C(=O)C[NH3+]. The molecule has 1 rings (SSSR count). The highest BCUT2D eigenvalue weighted by Crippen LogP contribution is 2.15. The summed E-state index contributed by atoms with van der Waals surface area (Å²) in [5, 5.41) is 8.62. The molecule has 1 atom stereocenters. The van der Waals surface area contributed by atoms with Crippen LogP contribution in [0.4, 0.5) is 0 Å². The van der Waals surface area contributed by atoms with E-state index in [1.54, 1.807) is 4.90 Å².